The summed E-state index contributed by atoms with van der Waals surface area (Å²) >= 11 is 0. The monoisotopic (exact) mass is 518 g/mol. The van der Waals surface area contributed by atoms with Crippen molar-refractivity contribution in [3.63, 3.8) is 0 Å². The molecule has 11 heteroatoms. The van der Waals surface area contributed by atoms with Crippen LogP contribution in [0.5, 0.6) is 11.5 Å². The summed E-state index contributed by atoms with van der Waals surface area (Å²) in [6.07, 6.45) is -0.362. The molecule has 2 bridgehead atoms. The number of carbonyl (C=O) groups excluding carboxylic acids is 2. The minimum Gasteiger partial charge on any atom is -0.444 e. The molecule has 0 radical (unpaired) electrons. The minimum absolute atomic E-state index is 0.0492. The average molecular weight is 518 g/mol. The standard InChI is InChI=1S/C26H23N4O6P/c31-25-21-16-22(29(25)26(32)34-17-18-10-4-1-5-11-18)23-24(21)30(28-27-23)37(33,35-19-12-6-2-7-13-19)36-20-14-8-3-9-15-20/h1-15,21-24H,16-17H2. The molecule has 2 heterocycles. The zero-order chi connectivity index (χ0) is 25.4. The predicted molar refractivity (Wildman–Crippen MR) is 131 cm³/mol. The number of rotatable bonds is 7. The fourth-order valence-corrected chi connectivity index (χ4v) is 6.77. The Morgan fingerprint density at radius 1 is 0.892 bits per heavy atom. The Hall–Kier alpha value is -4.17. The van der Waals surface area contributed by atoms with Crippen LogP contribution in [0.15, 0.2) is 101 Å². The highest BCUT2D eigenvalue weighted by molar-refractivity contribution is 7.52. The molecule has 3 aliphatic rings. The van der Waals surface area contributed by atoms with Gasteiger partial charge in [-0.15, -0.1) is 0 Å². The van der Waals surface area contributed by atoms with Crippen molar-refractivity contribution >= 4 is 19.7 Å². The number of imide groups is 1. The summed E-state index contributed by atoms with van der Waals surface area (Å²) in [6, 6.07) is 24.6. The molecule has 10 nitrogen and oxygen atoms in total. The highest BCUT2D eigenvalue weighted by Gasteiger charge is 2.67. The number of benzene rings is 3. The van der Waals surface area contributed by atoms with Gasteiger partial charge in [0.15, 0.2) is 0 Å². The average Bonchev–Trinajstić information content (AvgIpc) is 3.60. The Kier molecular flexibility index (Phi) is 5.88. The Labute approximate surface area is 213 Å². The third kappa shape index (κ3) is 4.23. The molecule has 4 atom stereocenters. The van der Waals surface area contributed by atoms with E-state index >= 15 is 0 Å². The van der Waals surface area contributed by atoms with Crippen molar-refractivity contribution in [3.8, 4) is 11.5 Å². The molecule has 0 N–H and O–H groups in total. The first kappa shape index (κ1) is 23.2. The summed E-state index contributed by atoms with van der Waals surface area (Å²) in [5, 5.41) is 8.48. The van der Waals surface area contributed by atoms with Crippen molar-refractivity contribution in [1.29, 1.82) is 0 Å². The number of hydrogen-bond donors (Lipinski definition) is 0. The fraction of sp³-hybridized carbons (Fsp3) is 0.231. The number of fused-ring (bicyclic) bond motifs is 5. The van der Waals surface area contributed by atoms with Gasteiger partial charge in [0.1, 0.15) is 30.2 Å². The molecule has 188 valence electrons. The number of para-hydroxylation sites is 2. The van der Waals surface area contributed by atoms with E-state index < -0.39 is 43.8 Å². The van der Waals surface area contributed by atoms with Crippen molar-refractivity contribution in [1.82, 2.24) is 9.68 Å². The second-order valence-electron chi connectivity index (χ2n) is 8.94. The van der Waals surface area contributed by atoms with Gasteiger partial charge >= 0.3 is 13.8 Å². The van der Waals surface area contributed by atoms with Crippen molar-refractivity contribution in [3.05, 3.63) is 96.6 Å². The van der Waals surface area contributed by atoms with Gasteiger partial charge in [-0.2, -0.15) is 9.89 Å². The molecule has 4 unspecified atom stereocenters. The van der Waals surface area contributed by atoms with E-state index in [0.717, 1.165) is 10.5 Å². The van der Waals surface area contributed by atoms with Crippen molar-refractivity contribution in [2.24, 2.45) is 16.3 Å². The first-order chi connectivity index (χ1) is 18.0. The van der Waals surface area contributed by atoms with Crippen molar-refractivity contribution < 1.29 is 27.9 Å². The number of amides is 2. The zero-order valence-corrected chi connectivity index (χ0v) is 20.5. The summed E-state index contributed by atoms with van der Waals surface area (Å²) in [5.74, 6) is -0.434. The van der Waals surface area contributed by atoms with E-state index in [-0.39, 0.29) is 6.61 Å². The van der Waals surface area contributed by atoms with E-state index in [0.29, 0.717) is 17.9 Å². The van der Waals surface area contributed by atoms with Gasteiger partial charge in [0.05, 0.1) is 12.0 Å². The van der Waals surface area contributed by atoms with Gasteiger partial charge < -0.3 is 13.8 Å². The maximum Gasteiger partial charge on any atom is 0.561 e. The van der Waals surface area contributed by atoms with E-state index in [2.05, 4.69) is 10.3 Å². The molecule has 3 aromatic rings. The number of piperidine rings is 1. The molecule has 3 aromatic carbocycles. The number of ether oxygens (including phenoxy) is 1. The third-order valence-electron chi connectivity index (χ3n) is 6.66. The summed E-state index contributed by atoms with van der Waals surface area (Å²) in [7, 11) is -4.15. The summed E-state index contributed by atoms with van der Waals surface area (Å²) in [5.41, 5.74) is 0.814. The van der Waals surface area contributed by atoms with Crippen LogP contribution in [0.25, 0.3) is 0 Å². The zero-order valence-electron chi connectivity index (χ0n) is 19.6. The molecular weight excluding hydrogens is 495 g/mol. The molecule has 0 aromatic heterocycles. The lowest BCUT2D eigenvalue weighted by atomic mass is 10.00. The quantitative estimate of drug-likeness (QED) is 0.394. The van der Waals surface area contributed by atoms with Crippen LogP contribution >= 0.6 is 7.75 Å². The molecule has 2 aliphatic heterocycles. The fourth-order valence-electron chi connectivity index (χ4n) is 5.02. The Bertz CT molecular complexity index is 1330. The second-order valence-corrected chi connectivity index (χ2v) is 10.7. The highest BCUT2D eigenvalue weighted by Crippen LogP contribution is 2.60. The lowest BCUT2D eigenvalue weighted by Crippen LogP contribution is -2.55. The predicted octanol–water partition coefficient (Wildman–Crippen LogP) is 5.24. The van der Waals surface area contributed by atoms with Gasteiger partial charge in [-0.3, -0.25) is 4.79 Å². The molecule has 1 aliphatic carbocycles. The van der Waals surface area contributed by atoms with Crippen LogP contribution in [0, 0.1) is 5.92 Å². The Morgan fingerprint density at radius 3 is 2.05 bits per heavy atom. The summed E-state index contributed by atoms with van der Waals surface area (Å²) in [6.45, 7) is 0.0492. The normalized spacial score (nSPS) is 23.7. The van der Waals surface area contributed by atoms with Gasteiger partial charge in [-0.25, -0.2) is 14.3 Å². The van der Waals surface area contributed by atoms with Crippen LogP contribution in [-0.2, 0) is 20.7 Å². The molecular formula is C26H23N4O6P. The number of carbonyl (C=O) groups is 2. The Morgan fingerprint density at radius 2 is 1.46 bits per heavy atom. The molecule has 2 amide bonds. The van der Waals surface area contributed by atoms with Gasteiger partial charge in [-0.1, -0.05) is 72.0 Å². The van der Waals surface area contributed by atoms with Crippen LogP contribution in [0.4, 0.5) is 4.79 Å². The van der Waals surface area contributed by atoms with Crippen molar-refractivity contribution in [2.45, 2.75) is 31.2 Å². The van der Waals surface area contributed by atoms with Gasteiger partial charge in [0, 0.05) is 0 Å². The topological polar surface area (TPSA) is 110 Å². The lowest BCUT2D eigenvalue weighted by Gasteiger charge is -2.35. The maximum absolute atomic E-state index is 14.3. The molecule has 0 spiro atoms. The Balaban J connectivity index is 1.23. The number of likely N-dealkylation sites (tertiary alicyclic amines) is 1. The van der Waals surface area contributed by atoms with Crippen LogP contribution in [0.2, 0.25) is 0 Å². The third-order valence-corrected chi connectivity index (χ3v) is 8.39. The molecule has 1 saturated heterocycles. The molecule has 2 fully saturated rings. The molecule has 1 saturated carbocycles. The van der Waals surface area contributed by atoms with E-state index in [1.807, 2.05) is 42.5 Å². The number of hydrogen-bond acceptors (Lipinski definition) is 8. The lowest BCUT2D eigenvalue weighted by molar-refractivity contribution is -0.134. The maximum atomic E-state index is 14.3. The second kappa shape index (κ2) is 9.37. The highest BCUT2D eigenvalue weighted by atomic mass is 31.2. The van der Waals surface area contributed by atoms with Crippen LogP contribution in [0.1, 0.15) is 12.0 Å². The van der Waals surface area contributed by atoms with Crippen LogP contribution in [-0.4, -0.2) is 39.8 Å². The minimum atomic E-state index is -4.15. The summed E-state index contributed by atoms with van der Waals surface area (Å²) < 4.78 is 32.6. The van der Waals surface area contributed by atoms with E-state index in [1.165, 1.54) is 4.78 Å². The largest absolute Gasteiger partial charge is 0.561 e. The van der Waals surface area contributed by atoms with Crippen LogP contribution < -0.4 is 9.05 Å². The van der Waals surface area contributed by atoms with Gasteiger partial charge in [-0.05, 0) is 36.2 Å². The molecule has 37 heavy (non-hydrogen) atoms. The molecule has 6 rings (SSSR count). The number of nitrogens with zero attached hydrogens (tertiary/aromatic N) is 4. The first-order valence-electron chi connectivity index (χ1n) is 11.9. The van der Waals surface area contributed by atoms with Gasteiger partial charge in [0.25, 0.3) is 0 Å². The van der Waals surface area contributed by atoms with Crippen LogP contribution in [0.3, 0.4) is 0 Å². The first-order valence-corrected chi connectivity index (χ1v) is 13.4. The van der Waals surface area contributed by atoms with E-state index in [9.17, 15) is 14.2 Å². The van der Waals surface area contributed by atoms with E-state index in [1.54, 1.807) is 48.5 Å². The van der Waals surface area contributed by atoms with E-state index in [4.69, 9.17) is 13.8 Å². The van der Waals surface area contributed by atoms with Crippen molar-refractivity contribution in [2.75, 3.05) is 0 Å². The SMILES string of the molecule is O=C(OCc1ccccc1)N1C(=O)C2CC1C1N=NN(P(=O)(Oc3ccccc3)Oc3ccccc3)C21. The smallest absolute Gasteiger partial charge is 0.444 e. The van der Waals surface area contributed by atoms with Gasteiger partial charge in [0.2, 0.25) is 5.91 Å². The summed E-state index contributed by atoms with van der Waals surface area (Å²) in [4.78, 5) is 27.3.